The zero-order valence-electron chi connectivity index (χ0n) is 19.0. The Morgan fingerprint density at radius 1 is 0.765 bits per heavy atom. The number of hydrogen-bond donors (Lipinski definition) is 1. The number of nitrogens with zero attached hydrogens (tertiary/aromatic N) is 1. The van der Waals surface area contributed by atoms with E-state index >= 15 is 0 Å². The Balaban J connectivity index is 1.21. The summed E-state index contributed by atoms with van der Waals surface area (Å²) in [5.41, 5.74) is 6.82. The van der Waals surface area contributed by atoms with Gasteiger partial charge in [0.15, 0.2) is 0 Å². The first-order valence-corrected chi connectivity index (χ1v) is 11.9. The highest BCUT2D eigenvalue weighted by molar-refractivity contribution is 6.08. The van der Waals surface area contributed by atoms with Crippen molar-refractivity contribution in [3.63, 3.8) is 0 Å². The molecule has 5 nitrogen and oxygen atoms in total. The van der Waals surface area contributed by atoms with Crippen LogP contribution in [0.15, 0.2) is 72.8 Å². The van der Waals surface area contributed by atoms with Gasteiger partial charge in [0.25, 0.3) is 0 Å². The van der Waals surface area contributed by atoms with Crippen molar-refractivity contribution >= 4 is 17.7 Å². The summed E-state index contributed by atoms with van der Waals surface area (Å²) in [5, 5.41) is 2.90. The first-order chi connectivity index (χ1) is 16.5. The second-order valence-corrected chi connectivity index (χ2v) is 9.61. The largest absolute Gasteiger partial charge is 0.352 e. The SMILES string of the molecule is Cc1ccc(CNC(=O)CCN2C(=O)C3C4c5ccccc5C(c5ccccc54)C3C2=O)cc1. The van der Waals surface area contributed by atoms with Crippen LogP contribution in [0.3, 0.4) is 0 Å². The minimum Gasteiger partial charge on any atom is -0.352 e. The topological polar surface area (TPSA) is 66.5 Å². The molecule has 3 aromatic carbocycles. The molecule has 2 atom stereocenters. The van der Waals surface area contributed by atoms with Crippen molar-refractivity contribution in [1.29, 1.82) is 0 Å². The number of benzene rings is 3. The molecule has 3 aliphatic carbocycles. The summed E-state index contributed by atoms with van der Waals surface area (Å²) in [4.78, 5) is 41.0. The van der Waals surface area contributed by atoms with Crippen LogP contribution in [0.4, 0.5) is 0 Å². The van der Waals surface area contributed by atoms with Gasteiger partial charge < -0.3 is 5.32 Å². The van der Waals surface area contributed by atoms with Gasteiger partial charge in [-0.2, -0.15) is 0 Å². The van der Waals surface area contributed by atoms with Crippen LogP contribution in [0, 0.1) is 18.8 Å². The fourth-order valence-electron chi connectivity index (χ4n) is 6.17. The Bertz CT molecular complexity index is 1200. The molecule has 0 spiro atoms. The van der Waals surface area contributed by atoms with Crippen molar-refractivity contribution in [1.82, 2.24) is 10.2 Å². The quantitative estimate of drug-likeness (QED) is 0.600. The average molecular weight is 451 g/mol. The van der Waals surface area contributed by atoms with Gasteiger partial charge in [0.2, 0.25) is 17.7 Å². The van der Waals surface area contributed by atoms with Crippen molar-refractivity contribution in [2.24, 2.45) is 11.8 Å². The van der Waals surface area contributed by atoms with Crippen molar-refractivity contribution in [2.45, 2.75) is 31.7 Å². The summed E-state index contributed by atoms with van der Waals surface area (Å²) in [6.45, 7) is 2.57. The van der Waals surface area contributed by atoms with Gasteiger partial charge in [-0.1, -0.05) is 78.4 Å². The van der Waals surface area contributed by atoms with Crippen molar-refractivity contribution < 1.29 is 14.4 Å². The van der Waals surface area contributed by atoms with Gasteiger partial charge in [0.05, 0.1) is 11.8 Å². The van der Waals surface area contributed by atoms with Gasteiger partial charge in [-0.25, -0.2) is 0 Å². The fraction of sp³-hybridized carbons (Fsp3) is 0.276. The van der Waals surface area contributed by atoms with Gasteiger partial charge in [0, 0.05) is 31.3 Å². The molecule has 0 saturated carbocycles. The molecule has 3 amide bonds. The van der Waals surface area contributed by atoms with E-state index in [1.807, 2.05) is 55.5 Å². The molecular weight excluding hydrogens is 424 g/mol. The molecule has 1 saturated heterocycles. The standard InChI is InChI=1S/C29H26N2O3/c1-17-10-12-18(13-11-17)16-30-23(32)14-15-31-28(33)26-24-19-6-2-3-7-20(19)25(27(26)29(31)34)22-9-5-4-8-21(22)24/h2-13,24-27H,14-16H2,1H3,(H,30,32). The molecule has 5 heteroatoms. The maximum Gasteiger partial charge on any atom is 0.234 e. The van der Waals surface area contributed by atoms with Gasteiger partial charge >= 0.3 is 0 Å². The van der Waals surface area contributed by atoms with E-state index in [1.165, 1.54) is 10.5 Å². The zero-order valence-corrected chi connectivity index (χ0v) is 19.0. The van der Waals surface area contributed by atoms with Gasteiger partial charge in [-0.3, -0.25) is 19.3 Å². The van der Waals surface area contributed by atoms with Crippen LogP contribution in [-0.4, -0.2) is 29.2 Å². The normalized spacial score (nSPS) is 24.0. The van der Waals surface area contributed by atoms with Crippen molar-refractivity contribution in [3.8, 4) is 0 Å². The predicted octanol–water partition coefficient (Wildman–Crippen LogP) is 3.89. The number of nitrogens with one attached hydrogen (secondary N) is 1. The number of rotatable bonds is 5. The minimum atomic E-state index is -0.391. The van der Waals surface area contributed by atoms with Gasteiger partial charge in [0.1, 0.15) is 0 Å². The van der Waals surface area contributed by atoms with E-state index < -0.39 is 11.8 Å². The number of aryl methyl sites for hydroxylation is 1. The maximum atomic E-state index is 13.6. The van der Waals surface area contributed by atoms with E-state index in [9.17, 15) is 14.4 Å². The molecule has 170 valence electrons. The van der Waals surface area contributed by atoms with Crippen LogP contribution in [0.25, 0.3) is 0 Å². The third-order valence-corrected chi connectivity index (χ3v) is 7.71. The summed E-state index contributed by atoms with van der Waals surface area (Å²) in [6.07, 6.45) is 0.109. The molecule has 34 heavy (non-hydrogen) atoms. The maximum absolute atomic E-state index is 13.6. The molecular formula is C29H26N2O3. The second kappa shape index (κ2) is 7.94. The van der Waals surface area contributed by atoms with Gasteiger partial charge in [-0.15, -0.1) is 0 Å². The van der Waals surface area contributed by atoms with Crippen molar-refractivity contribution in [2.75, 3.05) is 6.54 Å². The molecule has 4 aliphatic rings. The van der Waals surface area contributed by atoms with Crippen molar-refractivity contribution in [3.05, 3.63) is 106 Å². The molecule has 1 heterocycles. The zero-order chi connectivity index (χ0) is 23.4. The Kier molecular flexibility index (Phi) is 4.87. The highest BCUT2D eigenvalue weighted by Crippen LogP contribution is 2.60. The van der Waals surface area contributed by atoms with Crippen LogP contribution in [0.2, 0.25) is 0 Å². The lowest BCUT2D eigenvalue weighted by molar-refractivity contribution is -0.140. The van der Waals surface area contributed by atoms with Crippen LogP contribution in [0.1, 0.15) is 51.6 Å². The number of hydrogen-bond acceptors (Lipinski definition) is 3. The third-order valence-electron chi connectivity index (χ3n) is 7.71. The fourth-order valence-corrected chi connectivity index (χ4v) is 6.17. The molecule has 7 rings (SSSR count). The summed E-state index contributed by atoms with van der Waals surface area (Å²) in [6, 6.07) is 24.4. The summed E-state index contributed by atoms with van der Waals surface area (Å²) in [7, 11) is 0. The molecule has 2 bridgehead atoms. The highest BCUT2D eigenvalue weighted by Gasteiger charge is 2.61. The summed E-state index contributed by atoms with van der Waals surface area (Å²) >= 11 is 0. The molecule has 0 radical (unpaired) electrons. The smallest absolute Gasteiger partial charge is 0.234 e. The van der Waals surface area contributed by atoms with E-state index in [0.29, 0.717) is 6.54 Å². The van der Waals surface area contributed by atoms with E-state index in [-0.39, 0.29) is 42.5 Å². The summed E-state index contributed by atoms with van der Waals surface area (Å²) in [5.74, 6) is -1.44. The Hall–Kier alpha value is -3.73. The average Bonchev–Trinajstić information content (AvgIpc) is 3.12. The third kappa shape index (κ3) is 3.11. The Morgan fingerprint density at radius 2 is 1.24 bits per heavy atom. The Labute approximate surface area is 198 Å². The van der Waals surface area contributed by atoms with Crippen LogP contribution < -0.4 is 5.32 Å². The number of likely N-dealkylation sites (tertiary alicyclic amines) is 1. The number of amides is 3. The number of carbonyl (C=O) groups excluding carboxylic acids is 3. The van der Waals surface area contributed by atoms with E-state index in [2.05, 4.69) is 29.6 Å². The predicted molar refractivity (Wildman–Crippen MR) is 128 cm³/mol. The lowest BCUT2D eigenvalue weighted by Crippen LogP contribution is -2.41. The lowest BCUT2D eigenvalue weighted by Gasteiger charge is -2.45. The minimum absolute atomic E-state index is 0.109. The molecule has 1 N–H and O–H groups in total. The van der Waals surface area contributed by atoms with Crippen LogP contribution in [-0.2, 0) is 20.9 Å². The monoisotopic (exact) mass is 450 g/mol. The highest BCUT2D eigenvalue weighted by atomic mass is 16.2. The first-order valence-electron chi connectivity index (χ1n) is 11.9. The Morgan fingerprint density at radius 3 is 1.71 bits per heavy atom. The molecule has 3 aromatic rings. The molecule has 2 unspecified atom stereocenters. The number of imide groups is 1. The second-order valence-electron chi connectivity index (χ2n) is 9.61. The van der Waals surface area contributed by atoms with E-state index in [0.717, 1.165) is 27.8 Å². The number of carbonyl (C=O) groups is 3. The van der Waals surface area contributed by atoms with E-state index in [1.54, 1.807) is 0 Å². The van der Waals surface area contributed by atoms with Crippen LogP contribution in [0.5, 0.6) is 0 Å². The van der Waals surface area contributed by atoms with Crippen LogP contribution >= 0.6 is 0 Å². The first kappa shape index (κ1) is 20.8. The molecule has 0 aromatic heterocycles. The van der Waals surface area contributed by atoms with Gasteiger partial charge in [-0.05, 0) is 34.7 Å². The van der Waals surface area contributed by atoms with E-state index in [4.69, 9.17) is 0 Å². The lowest BCUT2D eigenvalue weighted by atomic mass is 9.55. The summed E-state index contributed by atoms with van der Waals surface area (Å²) < 4.78 is 0. The molecule has 1 aliphatic heterocycles. The molecule has 1 fully saturated rings.